The lowest BCUT2D eigenvalue weighted by Crippen LogP contribution is -1.98. The number of aryl methyl sites for hydroxylation is 1. The molecule has 0 aliphatic rings. The standard InChI is InChI=1S/C15H13BrClF/c1-10-6-7-11(8-13(10)16)14(17)9-12-4-2-3-5-15(12)18/h2-8,14H,9H2,1H3. The first kappa shape index (κ1) is 13.6. The first-order valence-electron chi connectivity index (χ1n) is 5.71. The van der Waals surface area contributed by atoms with Crippen molar-refractivity contribution in [1.82, 2.24) is 0 Å². The van der Waals surface area contributed by atoms with Crippen molar-refractivity contribution >= 4 is 27.5 Å². The molecule has 0 saturated heterocycles. The summed E-state index contributed by atoms with van der Waals surface area (Å²) in [7, 11) is 0. The van der Waals surface area contributed by atoms with Gasteiger partial charge in [0.25, 0.3) is 0 Å². The van der Waals surface area contributed by atoms with Gasteiger partial charge in [0.2, 0.25) is 0 Å². The van der Waals surface area contributed by atoms with Crippen molar-refractivity contribution in [2.24, 2.45) is 0 Å². The summed E-state index contributed by atoms with van der Waals surface area (Å²) >= 11 is 9.83. The van der Waals surface area contributed by atoms with Gasteiger partial charge >= 0.3 is 0 Å². The van der Waals surface area contributed by atoms with E-state index in [1.807, 2.05) is 31.2 Å². The Balaban J connectivity index is 2.19. The van der Waals surface area contributed by atoms with Crippen molar-refractivity contribution in [3.05, 3.63) is 69.4 Å². The van der Waals surface area contributed by atoms with Crippen LogP contribution in [0.4, 0.5) is 4.39 Å². The van der Waals surface area contributed by atoms with Gasteiger partial charge < -0.3 is 0 Å². The second-order valence-corrected chi connectivity index (χ2v) is 5.65. The molecule has 1 atom stereocenters. The van der Waals surface area contributed by atoms with Gasteiger partial charge in [0.05, 0.1) is 5.38 Å². The molecule has 0 aliphatic heterocycles. The van der Waals surface area contributed by atoms with Gasteiger partial charge in [0.15, 0.2) is 0 Å². The largest absolute Gasteiger partial charge is 0.207 e. The molecule has 0 amide bonds. The molecule has 0 nitrogen and oxygen atoms in total. The van der Waals surface area contributed by atoms with E-state index in [0.29, 0.717) is 12.0 Å². The summed E-state index contributed by atoms with van der Waals surface area (Å²) in [6.07, 6.45) is 0.490. The highest BCUT2D eigenvalue weighted by Gasteiger charge is 2.12. The van der Waals surface area contributed by atoms with Crippen LogP contribution >= 0.6 is 27.5 Å². The number of halogens is 3. The Morgan fingerprint density at radius 2 is 1.94 bits per heavy atom. The Bertz CT molecular complexity index is 554. The smallest absolute Gasteiger partial charge is 0.126 e. The molecule has 0 heterocycles. The van der Waals surface area contributed by atoms with Crippen LogP contribution in [0.15, 0.2) is 46.9 Å². The predicted octanol–water partition coefficient (Wildman–Crippen LogP) is 5.42. The summed E-state index contributed by atoms with van der Waals surface area (Å²) in [6, 6.07) is 12.7. The molecule has 0 radical (unpaired) electrons. The molecule has 0 aromatic heterocycles. The molecule has 94 valence electrons. The van der Waals surface area contributed by atoms with E-state index in [0.717, 1.165) is 15.6 Å². The third kappa shape index (κ3) is 3.12. The highest BCUT2D eigenvalue weighted by atomic mass is 79.9. The van der Waals surface area contributed by atoms with E-state index in [-0.39, 0.29) is 11.2 Å². The molecule has 1 unspecified atom stereocenters. The molecule has 0 aliphatic carbocycles. The van der Waals surface area contributed by atoms with Crippen LogP contribution in [0, 0.1) is 12.7 Å². The lowest BCUT2D eigenvalue weighted by atomic mass is 10.0. The zero-order valence-electron chi connectivity index (χ0n) is 9.96. The van der Waals surface area contributed by atoms with Gasteiger partial charge in [-0.05, 0) is 42.2 Å². The van der Waals surface area contributed by atoms with Crippen LogP contribution in [-0.2, 0) is 6.42 Å². The maximum atomic E-state index is 13.5. The van der Waals surface area contributed by atoms with Crippen LogP contribution in [0.1, 0.15) is 22.1 Å². The molecule has 0 saturated carbocycles. The highest BCUT2D eigenvalue weighted by Crippen LogP contribution is 2.29. The van der Waals surface area contributed by atoms with Gasteiger partial charge in [0, 0.05) is 4.47 Å². The molecule has 0 spiro atoms. The fourth-order valence-electron chi connectivity index (χ4n) is 1.78. The molecule has 2 aromatic carbocycles. The number of alkyl halides is 1. The van der Waals surface area contributed by atoms with Gasteiger partial charge in [-0.3, -0.25) is 0 Å². The number of hydrogen-bond donors (Lipinski definition) is 0. The van der Waals surface area contributed by atoms with Gasteiger partial charge in [-0.2, -0.15) is 0 Å². The van der Waals surface area contributed by atoms with Crippen molar-refractivity contribution in [2.45, 2.75) is 18.7 Å². The van der Waals surface area contributed by atoms with E-state index in [1.54, 1.807) is 12.1 Å². The quantitative estimate of drug-likeness (QED) is 0.660. The first-order valence-corrected chi connectivity index (χ1v) is 6.94. The first-order chi connectivity index (χ1) is 8.58. The minimum Gasteiger partial charge on any atom is -0.207 e. The Kier molecular flexibility index (Phi) is 4.41. The molecule has 2 rings (SSSR count). The number of rotatable bonds is 3. The lowest BCUT2D eigenvalue weighted by Gasteiger charge is -2.12. The van der Waals surface area contributed by atoms with Crippen LogP contribution in [0.25, 0.3) is 0 Å². The molecule has 0 fully saturated rings. The van der Waals surface area contributed by atoms with E-state index in [2.05, 4.69) is 15.9 Å². The fraction of sp³-hybridized carbons (Fsp3) is 0.200. The van der Waals surface area contributed by atoms with Gasteiger partial charge in [0.1, 0.15) is 5.82 Å². The summed E-state index contributed by atoms with van der Waals surface area (Å²) in [4.78, 5) is 0. The second kappa shape index (κ2) is 5.85. The van der Waals surface area contributed by atoms with Crippen LogP contribution < -0.4 is 0 Å². The van der Waals surface area contributed by atoms with Crippen molar-refractivity contribution < 1.29 is 4.39 Å². The Morgan fingerprint density at radius 1 is 1.22 bits per heavy atom. The van der Waals surface area contributed by atoms with Gasteiger partial charge in [-0.1, -0.05) is 46.3 Å². The lowest BCUT2D eigenvalue weighted by molar-refractivity contribution is 0.607. The molecule has 0 N–H and O–H groups in total. The molecular formula is C15H13BrClF. The van der Waals surface area contributed by atoms with Crippen molar-refractivity contribution in [3.63, 3.8) is 0 Å². The third-order valence-corrected chi connectivity index (χ3v) is 4.18. The molecule has 18 heavy (non-hydrogen) atoms. The van der Waals surface area contributed by atoms with Crippen LogP contribution in [0.2, 0.25) is 0 Å². The predicted molar refractivity (Wildman–Crippen MR) is 77.6 cm³/mol. The molecule has 0 bridgehead atoms. The van der Waals surface area contributed by atoms with E-state index < -0.39 is 0 Å². The Hall–Kier alpha value is -0.860. The minimum absolute atomic E-state index is 0.200. The average molecular weight is 328 g/mol. The van der Waals surface area contributed by atoms with Crippen molar-refractivity contribution in [3.8, 4) is 0 Å². The SMILES string of the molecule is Cc1ccc(C(Cl)Cc2ccccc2F)cc1Br. The Morgan fingerprint density at radius 3 is 2.61 bits per heavy atom. The van der Waals surface area contributed by atoms with E-state index >= 15 is 0 Å². The van der Waals surface area contributed by atoms with Crippen LogP contribution in [0.5, 0.6) is 0 Å². The number of benzene rings is 2. The van der Waals surface area contributed by atoms with E-state index in [1.165, 1.54) is 6.07 Å². The van der Waals surface area contributed by atoms with Gasteiger partial charge in [-0.25, -0.2) is 4.39 Å². The Labute approximate surface area is 120 Å². The molecule has 2 aromatic rings. The van der Waals surface area contributed by atoms with Crippen molar-refractivity contribution in [2.75, 3.05) is 0 Å². The van der Waals surface area contributed by atoms with E-state index in [4.69, 9.17) is 11.6 Å². The zero-order valence-corrected chi connectivity index (χ0v) is 12.3. The summed E-state index contributed by atoms with van der Waals surface area (Å²) in [5.41, 5.74) is 2.81. The monoisotopic (exact) mass is 326 g/mol. The van der Waals surface area contributed by atoms with Crippen LogP contribution in [0.3, 0.4) is 0 Å². The highest BCUT2D eigenvalue weighted by molar-refractivity contribution is 9.10. The summed E-state index contributed by atoms with van der Waals surface area (Å²) < 4.78 is 14.6. The normalized spacial score (nSPS) is 12.4. The molecular weight excluding hydrogens is 315 g/mol. The summed E-state index contributed by atoms with van der Waals surface area (Å²) in [5.74, 6) is -0.200. The number of hydrogen-bond acceptors (Lipinski definition) is 0. The third-order valence-electron chi connectivity index (χ3n) is 2.91. The summed E-state index contributed by atoms with van der Waals surface area (Å²) in [5, 5.41) is -0.223. The van der Waals surface area contributed by atoms with E-state index in [9.17, 15) is 4.39 Å². The van der Waals surface area contributed by atoms with Crippen LogP contribution in [-0.4, -0.2) is 0 Å². The zero-order chi connectivity index (χ0) is 13.1. The van der Waals surface area contributed by atoms with Crippen molar-refractivity contribution in [1.29, 1.82) is 0 Å². The topological polar surface area (TPSA) is 0 Å². The maximum Gasteiger partial charge on any atom is 0.126 e. The average Bonchev–Trinajstić information content (AvgIpc) is 2.35. The van der Waals surface area contributed by atoms with Gasteiger partial charge in [-0.15, -0.1) is 11.6 Å². The minimum atomic E-state index is -0.223. The second-order valence-electron chi connectivity index (χ2n) is 4.27. The summed E-state index contributed by atoms with van der Waals surface area (Å²) in [6.45, 7) is 2.02. The molecule has 3 heteroatoms. The maximum absolute atomic E-state index is 13.5. The fourth-order valence-corrected chi connectivity index (χ4v) is 2.48.